The summed E-state index contributed by atoms with van der Waals surface area (Å²) in [5.74, 6) is -0.220. The summed E-state index contributed by atoms with van der Waals surface area (Å²) in [7, 11) is -7.85. The molecule has 2 N–H and O–H groups in total. The van der Waals surface area contributed by atoms with Crippen molar-refractivity contribution in [3.05, 3.63) is 70.3 Å². The SMILES string of the molecule is CC(C)(C)S(=O)(=O)CC[C@H]1CC/C=C\[C@H](O)[C@@H]2CC[C@H]2CN2C[C@@]3(CCCc4cc(Cl)ccc43)COc3ccc(cc32)C(=O)NS1(=O)=O. The Balaban J connectivity index is 1.37. The molecule has 1 spiro atoms. The number of aryl methyl sites for hydroxylation is 1. The van der Waals surface area contributed by atoms with Crippen LogP contribution in [0.2, 0.25) is 5.02 Å². The van der Waals surface area contributed by atoms with Gasteiger partial charge in [0.15, 0.2) is 9.84 Å². The van der Waals surface area contributed by atoms with Crippen LogP contribution in [0.1, 0.15) is 87.2 Å². The molecule has 6 rings (SSSR count). The van der Waals surface area contributed by atoms with Gasteiger partial charge in [-0.1, -0.05) is 29.8 Å². The first-order chi connectivity index (χ1) is 22.6. The van der Waals surface area contributed by atoms with Gasteiger partial charge in [0, 0.05) is 29.1 Å². The Morgan fingerprint density at radius 3 is 2.65 bits per heavy atom. The van der Waals surface area contributed by atoms with E-state index in [4.69, 9.17) is 16.3 Å². The van der Waals surface area contributed by atoms with Crippen LogP contribution in [0.3, 0.4) is 0 Å². The van der Waals surface area contributed by atoms with Crippen molar-refractivity contribution in [1.29, 1.82) is 0 Å². The third kappa shape index (κ3) is 7.02. The molecule has 2 aromatic rings. The average molecular weight is 719 g/mol. The van der Waals surface area contributed by atoms with Gasteiger partial charge in [0.2, 0.25) is 10.0 Å². The highest BCUT2D eigenvalue weighted by atomic mass is 35.5. The van der Waals surface area contributed by atoms with E-state index < -0.39 is 41.9 Å². The summed E-state index contributed by atoms with van der Waals surface area (Å²) < 4.78 is 60.9. The van der Waals surface area contributed by atoms with E-state index in [1.54, 1.807) is 51.1 Å². The number of halogens is 1. The molecule has 2 aromatic carbocycles. The standard InChI is InChI=1S/C36H47ClN2O7S2/c1-35(2,3)47(42,43)18-16-28-8-4-5-9-32(40)29-13-10-26(29)21-39-22-36(17-6-7-24-19-27(37)12-14-30(24)36)23-46-33-15-11-25(20-31(33)39)34(41)38-48(28,44)45/h5,9,11-12,14-15,19-20,26,28-29,32,40H,4,6-8,10,13,16-18,21-23H2,1-3H3,(H,38,41)/b9-5-/t26-,28+,29+,32-,36-/m0/s1. The fourth-order valence-corrected chi connectivity index (χ4v) is 10.8. The van der Waals surface area contributed by atoms with Crippen molar-refractivity contribution in [3.8, 4) is 5.75 Å². The normalized spacial score (nSPS) is 29.8. The molecule has 5 atom stereocenters. The van der Waals surface area contributed by atoms with Crippen molar-refractivity contribution in [2.45, 2.75) is 93.7 Å². The number of ether oxygens (including phenoxy) is 1. The molecule has 0 saturated heterocycles. The summed E-state index contributed by atoms with van der Waals surface area (Å²) in [6.45, 7) is 6.51. The number of amides is 1. The summed E-state index contributed by atoms with van der Waals surface area (Å²) in [5.41, 5.74) is 3.01. The average Bonchev–Trinajstić information content (AvgIpc) is 3.14. The maximum Gasteiger partial charge on any atom is 0.264 e. The number of carbonyl (C=O) groups is 1. The van der Waals surface area contributed by atoms with Gasteiger partial charge in [-0.3, -0.25) is 4.79 Å². The van der Waals surface area contributed by atoms with Crippen LogP contribution in [0, 0.1) is 11.8 Å². The maximum absolute atomic E-state index is 13.7. The Kier molecular flexibility index (Phi) is 9.74. The lowest BCUT2D eigenvalue weighted by Gasteiger charge is -2.45. The van der Waals surface area contributed by atoms with E-state index in [9.17, 15) is 26.7 Å². The highest BCUT2D eigenvalue weighted by Crippen LogP contribution is 2.46. The fraction of sp³-hybridized carbons (Fsp3) is 0.583. The van der Waals surface area contributed by atoms with Crippen LogP contribution in [-0.4, -0.2) is 69.4 Å². The van der Waals surface area contributed by atoms with Crippen LogP contribution in [0.5, 0.6) is 5.75 Å². The molecule has 0 radical (unpaired) electrons. The minimum absolute atomic E-state index is 0.0399. The number of anilines is 1. The number of nitrogens with one attached hydrogen (secondary N) is 1. The summed E-state index contributed by atoms with van der Waals surface area (Å²) in [5, 5.41) is 10.8. The topological polar surface area (TPSA) is 130 Å². The van der Waals surface area contributed by atoms with E-state index in [0.717, 1.165) is 32.1 Å². The zero-order chi connectivity index (χ0) is 34.5. The number of rotatable bonds is 3. The number of aliphatic hydroxyl groups excluding tert-OH is 1. The minimum atomic E-state index is -4.26. The largest absolute Gasteiger partial charge is 0.490 e. The van der Waals surface area contributed by atoms with Crippen molar-refractivity contribution < 1.29 is 31.5 Å². The number of aliphatic hydroxyl groups is 1. The summed E-state index contributed by atoms with van der Waals surface area (Å²) in [6, 6.07) is 11.1. The van der Waals surface area contributed by atoms with Crippen molar-refractivity contribution in [3.63, 3.8) is 0 Å². The smallest absolute Gasteiger partial charge is 0.264 e. The Labute approximate surface area is 290 Å². The van der Waals surface area contributed by atoms with Crippen LogP contribution >= 0.6 is 11.6 Å². The molecule has 2 bridgehead atoms. The molecule has 2 aliphatic carbocycles. The Morgan fingerprint density at radius 1 is 1.12 bits per heavy atom. The molecule has 1 amide bonds. The van der Waals surface area contributed by atoms with E-state index in [-0.39, 0.29) is 41.4 Å². The number of fused-ring (bicyclic) bond motifs is 4. The highest BCUT2D eigenvalue weighted by molar-refractivity contribution is 7.93. The fourth-order valence-electron chi connectivity index (χ4n) is 7.79. The first-order valence-corrected chi connectivity index (χ1v) is 20.6. The molecular weight excluding hydrogens is 672 g/mol. The van der Waals surface area contributed by atoms with Crippen LogP contribution in [-0.2, 0) is 31.7 Å². The van der Waals surface area contributed by atoms with Gasteiger partial charge in [0.25, 0.3) is 5.91 Å². The molecule has 2 heterocycles. The Bertz CT molecular complexity index is 1800. The zero-order valence-corrected chi connectivity index (χ0v) is 30.3. The van der Waals surface area contributed by atoms with Crippen molar-refractivity contribution in [2.75, 3.05) is 30.3 Å². The molecule has 262 valence electrons. The number of hydrogen-bond donors (Lipinski definition) is 2. The second kappa shape index (κ2) is 13.3. The molecule has 1 fully saturated rings. The first-order valence-electron chi connectivity index (χ1n) is 17.0. The van der Waals surface area contributed by atoms with Crippen LogP contribution in [0.25, 0.3) is 0 Å². The third-order valence-electron chi connectivity index (χ3n) is 11.0. The van der Waals surface area contributed by atoms with Gasteiger partial charge in [-0.25, -0.2) is 21.6 Å². The van der Waals surface area contributed by atoms with E-state index >= 15 is 0 Å². The lowest BCUT2D eigenvalue weighted by Crippen LogP contribution is -2.49. The second-order valence-electron chi connectivity index (χ2n) is 15.1. The molecule has 4 aliphatic rings. The van der Waals surface area contributed by atoms with Crippen molar-refractivity contribution in [2.24, 2.45) is 11.8 Å². The second-order valence-corrected chi connectivity index (χ2v) is 20.4. The number of allylic oxidation sites excluding steroid dienone is 1. The van der Waals surface area contributed by atoms with Gasteiger partial charge in [0.1, 0.15) is 5.75 Å². The van der Waals surface area contributed by atoms with Crippen LogP contribution < -0.4 is 14.4 Å². The highest BCUT2D eigenvalue weighted by Gasteiger charge is 2.44. The predicted molar refractivity (Wildman–Crippen MR) is 189 cm³/mol. The summed E-state index contributed by atoms with van der Waals surface area (Å²) in [6.07, 6.45) is 7.81. The molecule has 2 aliphatic heterocycles. The van der Waals surface area contributed by atoms with Crippen LogP contribution in [0.4, 0.5) is 5.69 Å². The van der Waals surface area contributed by atoms with E-state index in [0.29, 0.717) is 42.6 Å². The monoisotopic (exact) mass is 718 g/mol. The van der Waals surface area contributed by atoms with Gasteiger partial charge in [-0.05, 0) is 125 Å². The molecule has 48 heavy (non-hydrogen) atoms. The number of carbonyl (C=O) groups excluding carboxylic acids is 1. The Morgan fingerprint density at radius 2 is 1.92 bits per heavy atom. The number of hydrogen-bond acceptors (Lipinski definition) is 8. The zero-order valence-electron chi connectivity index (χ0n) is 28.0. The van der Waals surface area contributed by atoms with E-state index in [2.05, 4.69) is 15.7 Å². The Hall–Kier alpha value is -2.60. The quantitative estimate of drug-likeness (QED) is 0.394. The number of nitrogens with zero attached hydrogens (tertiary/aromatic N) is 1. The maximum atomic E-state index is 13.7. The van der Waals surface area contributed by atoms with Gasteiger partial charge in [0.05, 0.1) is 34.1 Å². The van der Waals surface area contributed by atoms with Crippen molar-refractivity contribution in [1.82, 2.24) is 4.72 Å². The predicted octanol–water partition coefficient (Wildman–Crippen LogP) is 5.58. The van der Waals surface area contributed by atoms with Gasteiger partial charge < -0.3 is 14.7 Å². The van der Waals surface area contributed by atoms with Crippen LogP contribution in [0.15, 0.2) is 48.6 Å². The molecular formula is C36H47ClN2O7S2. The minimum Gasteiger partial charge on any atom is -0.490 e. The number of benzene rings is 2. The lowest BCUT2D eigenvalue weighted by molar-refractivity contribution is 0.0456. The summed E-state index contributed by atoms with van der Waals surface area (Å²) >= 11 is 6.40. The van der Waals surface area contributed by atoms with E-state index in [1.807, 2.05) is 12.1 Å². The molecule has 0 unspecified atom stereocenters. The van der Waals surface area contributed by atoms with Gasteiger partial charge >= 0.3 is 0 Å². The molecule has 1 saturated carbocycles. The lowest BCUT2D eigenvalue weighted by atomic mass is 9.68. The summed E-state index contributed by atoms with van der Waals surface area (Å²) in [4.78, 5) is 15.9. The molecule has 12 heteroatoms. The number of sulfone groups is 1. The molecule has 9 nitrogen and oxygen atoms in total. The number of sulfonamides is 1. The first kappa shape index (κ1) is 35.2. The van der Waals surface area contributed by atoms with Gasteiger partial charge in [-0.2, -0.15) is 0 Å². The third-order valence-corrected chi connectivity index (χ3v) is 15.7. The van der Waals surface area contributed by atoms with Crippen molar-refractivity contribution >= 4 is 43.1 Å². The van der Waals surface area contributed by atoms with E-state index in [1.165, 1.54) is 11.1 Å². The van der Waals surface area contributed by atoms with Gasteiger partial charge in [-0.15, -0.1) is 0 Å². The molecule has 0 aromatic heterocycles.